The molecule has 0 fully saturated rings. The summed E-state index contributed by atoms with van der Waals surface area (Å²) in [6, 6.07) is 12.8. The second kappa shape index (κ2) is 6.58. The highest BCUT2D eigenvalue weighted by Gasteiger charge is 2.26. The summed E-state index contributed by atoms with van der Waals surface area (Å²) in [6.45, 7) is 1.56. The van der Waals surface area contributed by atoms with Crippen LogP contribution in [-0.2, 0) is 10.4 Å². The van der Waals surface area contributed by atoms with Crippen LogP contribution in [0.5, 0.6) is 5.75 Å². The lowest BCUT2D eigenvalue weighted by Gasteiger charge is -2.23. The van der Waals surface area contributed by atoms with Crippen molar-refractivity contribution in [3.8, 4) is 5.75 Å². The molecule has 0 aliphatic carbocycles. The third-order valence-electron chi connectivity index (χ3n) is 3.34. The lowest BCUT2D eigenvalue weighted by atomic mass is 9.92. The summed E-state index contributed by atoms with van der Waals surface area (Å²) in [6.07, 6.45) is -0.156. The largest absolute Gasteiger partial charge is 0.495 e. The number of hydrogen-bond acceptors (Lipinski definition) is 3. The second-order valence-electron chi connectivity index (χ2n) is 5.21. The maximum absolute atomic E-state index is 13.3. The molecule has 0 heterocycles. The SMILES string of the molecule is COc1ccc(F)cc1NC(=O)CC(C)(O)c1ccccc1. The minimum absolute atomic E-state index is 0.156. The zero-order valence-electron chi connectivity index (χ0n) is 12.5. The molecule has 1 atom stereocenters. The number of methoxy groups -OCH3 is 1. The highest BCUT2D eigenvalue weighted by molar-refractivity contribution is 5.93. The number of hydrogen-bond donors (Lipinski definition) is 2. The van der Waals surface area contributed by atoms with Crippen LogP contribution in [0.25, 0.3) is 0 Å². The van der Waals surface area contributed by atoms with Crippen LogP contribution in [0.4, 0.5) is 10.1 Å². The number of carbonyl (C=O) groups is 1. The van der Waals surface area contributed by atoms with E-state index in [9.17, 15) is 14.3 Å². The third-order valence-corrected chi connectivity index (χ3v) is 3.34. The second-order valence-corrected chi connectivity index (χ2v) is 5.21. The molecule has 0 aliphatic rings. The number of carbonyl (C=O) groups excluding carboxylic acids is 1. The predicted molar refractivity (Wildman–Crippen MR) is 82.2 cm³/mol. The van der Waals surface area contributed by atoms with Crippen molar-refractivity contribution in [1.82, 2.24) is 0 Å². The van der Waals surface area contributed by atoms with Gasteiger partial charge in [0.25, 0.3) is 0 Å². The number of halogens is 1. The van der Waals surface area contributed by atoms with Crippen LogP contribution in [0.3, 0.4) is 0 Å². The van der Waals surface area contributed by atoms with Crippen molar-refractivity contribution >= 4 is 11.6 Å². The van der Waals surface area contributed by atoms with Gasteiger partial charge >= 0.3 is 0 Å². The van der Waals surface area contributed by atoms with Crippen LogP contribution < -0.4 is 10.1 Å². The molecule has 2 aromatic rings. The number of rotatable bonds is 5. The zero-order valence-corrected chi connectivity index (χ0v) is 12.5. The first kappa shape index (κ1) is 16.0. The van der Waals surface area contributed by atoms with E-state index >= 15 is 0 Å². The first-order chi connectivity index (χ1) is 10.4. The molecule has 0 saturated heterocycles. The van der Waals surface area contributed by atoms with Crippen molar-refractivity contribution < 1.29 is 19.0 Å². The topological polar surface area (TPSA) is 58.6 Å². The van der Waals surface area contributed by atoms with Crippen molar-refractivity contribution in [1.29, 1.82) is 0 Å². The summed E-state index contributed by atoms with van der Waals surface area (Å²) in [5, 5.41) is 13.0. The van der Waals surface area contributed by atoms with Gasteiger partial charge in [-0.15, -0.1) is 0 Å². The fourth-order valence-corrected chi connectivity index (χ4v) is 2.18. The highest BCUT2D eigenvalue weighted by atomic mass is 19.1. The number of aliphatic hydroxyl groups is 1. The Bertz CT molecular complexity index is 656. The van der Waals surface area contributed by atoms with Gasteiger partial charge in [0.1, 0.15) is 11.6 Å². The summed E-state index contributed by atoms with van der Waals surface area (Å²) >= 11 is 0. The van der Waals surface area contributed by atoms with Gasteiger partial charge in [-0.2, -0.15) is 0 Å². The molecule has 1 unspecified atom stereocenters. The molecule has 1 amide bonds. The molecule has 2 aromatic carbocycles. The minimum Gasteiger partial charge on any atom is -0.495 e. The van der Waals surface area contributed by atoms with Crippen molar-refractivity contribution in [2.75, 3.05) is 12.4 Å². The van der Waals surface area contributed by atoms with Gasteiger partial charge in [0.2, 0.25) is 5.91 Å². The molecular weight excluding hydrogens is 285 g/mol. The number of ether oxygens (including phenoxy) is 1. The molecule has 0 saturated carbocycles. The molecule has 116 valence electrons. The van der Waals surface area contributed by atoms with Gasteiger partial charge in [-0.25, -0.2) is 4.39 Å². The van der Waals surface area contributed by atoms with Crippen LogP contribution in [0.15, 0.2) is 48.5 Å². The summed E-state index contributed by atoms with van der Waals surface area (Å²) in [4.78, 5) is 12.1. The Morgan fingerprint density at radius 2 is 1.95 bits per heavy atom. The quantitative estimate of drug-likeness (QED) is 0.892. The Morgan fingerprint density at radius 3 is 2.59 bits per heavy atom. The third kappa shape index (κ3) is 3.83. The molecule has 0 aromatic heterocycles. The van der Waals surface area contributed by atoms with E-state index in [1.807, 2.05) is 6.07 Å². The maximum Gasteiger partial charge on any atom is 0.227 e. The molecular formula is C17H18FNO3. The Hall–Kier alpha value is -2.40. The lowest BCUT2D eigenvalue weighted by molar-refractivity contribution is -0.120. The Morgan fingerprint density at radius 1 is 1.27 bits per heavy atom. The standard InChI is InChI=1S/C17H18FNO3/c1-17(21,12-6-4-3-5-7-12)11-16(20)19-14-10-13(18)8-9-15(14)22-2/h3-10,21H,11H2,1-2H3,(H,19,20). The van der Waals surface area contributed by atoms with Crippen LogP contribution in [0.1, 0.15) is 18.9 Å². The molecule has 2 N–H and O–H groups in total. The van der Waals surface area contributed by atoms with E-state index in [0.29, 0.717) is 11.3 Å². The van der Waals surface area contributed by atoms with Gasteiger partial charge in [0, 0.05) is 6.07 Å². The molecule has 0 radical (unpaired) electrons. The summed E-state index contributed by atoms with van der Waals surface area (Å²) in [5.74, 6) is -0.558. The number of benzene rings is 2. The summed E-state index contributed by atoms with van der Waals surface area (Å²) in [7, 11) is 1.43. The first-order valence-corrected chi connectivity index (χ1v) is 6.83. The van der Waals surface area contributed by atoms with E-state index in [0.717, 1.165) is 0 Å². The average Bonchev–Trinajstić information content (AvgIpc) is 2.48. The Kier molecular flexibility index (Phi) is 4.78. The van der Waals surface area contributed by atoms with Crippen LogP contribution in [0.2, 0.25) is 0 Å². The van der Waals surface area contributed by atoms with Gasteiger partial charge in [0.15, 0.2) is 0 Å². The van der Waals surface area contributed by atoms with Gasteiger partial charge in [-0.05, 0) is 24.6 Å². The molecule has 0 spiro atoms. The van der Waals surface area contributed by atoms with E-state index in [2.05, 4.69) is 5.32 Å². The van der Waals surface area contributed by atoms with Crippen molar-refractivity contribution in [3.63, 3.8) is 0 Å². The van der Waals surface area contributed by atoms with Crippen LogP contribution in [-0.4, -0.2) is 18.1 Å². The molecule has 22 heavy (non-hydrogen) atoms. The zero-order chi connectivity index (χ0) is 16.2. The fraction of sp³-hybridized carbons (Fsp3) is 0.235. The Balaban J connectivity index is 2.12. The fourth-order valence-electron chi connectivity index (χ4n) is 2.18. The molecule has 5 heteroatoms. The van der Waals surface area contributed by atoms with Crippen LogP contribution >= 0.6 is 0 Å². The van der Waals surface area contributed by atoms with E-state index in [1.165, 1.54) is 25.3 Å². The predicted octanol–water partition coefficient (Wildman–Crippen LogP) is 3.07. The van der Waals surface area contributed by atoms with Gasteiger partial charge in [-0.3, -0.25) is 4.79 Å². The van der Waals surface area contributed by atoms with Crippen molar-refractivity contribution in [2.45, 2.75) is 18.9 Å². The molecule has 4 nitrogen and oxygen atoms in total. The molecule has 0 aliphatic heterocycles. The monoisotopic (exact) mass is 303 g/mol. The van der Waals surface area contributed by atoms with Gasteiger partial charge in [-0.1, -0.05) is 30.3 Å². The number of anilines is 1. The van der Waals surface area contributed by atoms with Crippen molar-refractivity contribution in [2.24, 2.45) is 0 Å². The highest BCUT2D eigenvalue weighted by Crippen LogP contribution is 2.28. The lowest BCUT2D eigenvalue weighted by Crippen LogP contribution is -2.28. The van der Waals surface area contributed by atoms with Crippen molar-refractivity contribution in [3.05, 3.63) is 59.9 Å². The first-order valence-electron chi connectivity index (χ1n) is 6.83. The smallest absolute Gasteiger partial charge is 0.227 e. The van der Waals surface area contributed by atoms with E-state index in [-0.39, 0.29) is 12.1 Å². The van der Waals surface area contributed by atoms with E-state index in [4.69, 9.17) is 4.74 Å². The minimum atomic E-state index is -1.31. The molecule has 0 bridgehead atoms. The van der Waals surface area contributed by atoms with E-state index in [1.54, 1.807) is 31.2 Å². The van der Waals surface area contributed by atoms with Gasteiger partial charge < -0.3 is 15.2 Å². The Labute approximate surface area is 128 Å². The average molecular weight is 303 g/mol. The van der Waals surface area contributed by atoms with Gasteiger partial charge in [0.05, 0.1) is 24.8 Å². The normalized spacial score (nSPS) is 13.3. The summed E-state index contributed by atoms with van der Waals surface area (Å²) < 4.78 is 18.4. The summed E-state index contributed by atoms with van der Waals surface area (Å²) in [5.41, 5.74) is -0.445. The number of nitrogens with one attached hydrogen (secondary N) is 1. The van der Waals surface area contributed by atoms with E-state index < -0.39 is 17.3 Å². The maximum atomic E-state index is 13.3. The van der Waals surface area contributed by atoms with Crippen LogP contribution in [0, 0.1) is 5.82 Å². The molecule has 2 rings (SSSR count). The number of amides is 1.